The van der Waals surface area contributed by atoms with E-state index in [1.165, 1.54) is 6.26 Å². The van der Waals surface area contributed by atoms with Crippen molar-refractivity contribution in [2.45, 2.75) is 32.4 Å². The maximum atomic E-state index is 11.2. The summed E-state index contributed by atoms with van der Waals surface area (Å²) in [6.45, 7) is 4.39. The summed E-state index contributed by atoms with van der Waals surface area (Å²) < 4.78 is 22.4. The summed E-state index contributed by atoms with van der Waals surface area (Å²) in [5.74, 6) is 0.269. The fourth-order valence-corrected chi connectivity index (χ4v) is 2.35. The lowest BCUT2D eigenvalue weighted by Crippen LogP contribution is -2.11. The highest BCUT2D eigenvalue weighted by atomic mass is 32.2. The van der Waals surface area contributed by atoms with E-state index in [0.29, 0.717) is 12.4 Å². The predicted octanol–water partition coefficient (Wildman–Crippen LogP) is 0.529. The molecule has 1 heterocycles. The Morgan fingerprint density at radius 2 is 1.71 bits per heavy atom. The maximum Gasteiger partial charge on any atom is 0.154 e. The van der Waals surface area contributed by atoms with E-state index in [9.17, 15) is 8.42 Å². The minimum atomic E-state index is -3.09. The van der Waals surface area contributed by atoms with E-state index in [0.717, 1.165) is 29.8 Å². The molecule has 0 unspecified atom stereocenters. The monoisotopic (exact) mass is 257 g/mol. The molecule has 0 saturated carbocycles. The normalized spacial score (nSPS) is 11.8. The van der Waals surface area contributed by atoms with Gasteiger partial charge in [-0.2, -0.15) is 0 Å². The lowest BCUT2D eigenvalue weighted by Gasteiger charge is -2.09. The van der Waals surface area contributed by atoms with Gasteiger partial charge in [0.1, 0.15) is 11.6 Å². The first kappa shape index (κ1) is 14.1. The van der Waals surface area contributed by atoms with Crippen molar-refractivity contribution in [1.82, 2.24) is 9.97 Å². The van der Waals surface area contributed by atoms with Crippen LogP contribution in [0.2, 0.25) is 0 Å². The quantitative estimate of drug-likeness (QED) is 0.831. The zero-order valence-electron chi connectivity index (χ0n) is 10.5. The number of sulfone groups is 1. The third kappa shape index (κ3) is 4.40. The number of rotatable bonds is 5. The van der Waals surface area contributed by atoms with E-state index in [-0.39, 0.29) is 5.75 Å². The summed E-state index contributed by atoms with van der Waals surface area (Å²) in [6.07, 6.45) is 2.91. The molecule has 1 aromatic rings. The number of nitrogens with two attached hydrogens (primary N) is 1. The molecule has 0 radical (unpaired) electrons. The second-order valence-corrected chi connectivity index (χ2v) is 6.39. The molecule has 5 nitrogen and oxygen atoms in total. The third-order valence-electron chi connectivity index (χ3n) is 2.49. The van der Waals surface area contributed by atoms with Crippen molar-refractivity contribution in [3.05, 3.63) is 22.8 Å². The average Bonchev–Trinajstić information content (AvgIpc) is 2.13. The number of nitrogens with zero attached hydrogens (tertiary/aromatic N) is 2. The number of hydrogen-bond acceptors (Lipinski definition) is 5. The van der Waals surface area contributed by atoms with Gasteiger partial charge in [-0.25, -0.2) is 18.4 Å². The molecule has 96 valence electrons. The second kappa shape index (κ2) is 5.55. The first-order chi connectivity index (χ1) is 7.83. The van der Waals surface area contributed by atoms with Crippen LogP contribution in [0.4, 0.5) is 0 Å². The topological polar surface area (TPSA) is 85.9 Å². The van der Waals surface area contributed by atoms with E-state index >= 15 is 0 Å². The van der Waals surface area contributed by atoms with Crippen molar-refractivity contribution in [2.75, 3.05) is 12.8 Å². The van der Waals surface area contributed by atoms with Crippen LogP contribution in [0.15, 0.2) is 0 Å². The van der Waals surface area contributed by atoms with E-state index in [2.05, 4.69) is 9.97 Å². The van der Waals surface area contributed by atoms with Crippen molar-refractivity contribution >= 4 is 9.84 Å². The highest BCUT2D eigenvalue weighted by Crippen LogP contribution is 2.13. The van der Waals surface area contributed by atoms with E-state index in [4.69, 9.17) is 5.73 Å². The molecule has 0 amide bonds. The fourth-order valence-electron chi connectivity index (χ4n) is 1.75. The van der Waals surface area contributed by atoms with Crippen molar-refractivity contribution < 1.29 is 8.42 Å². The molecule has 0 aliphatic heterocycles. The van der Waals surface area contributed by atoms with Crippen LogP contribution in [-0.2, 0) is 22.0 Å². The largest absolute Gasteiger partial charge is 0.330 e. The molecule has 17 heavy (non-hydrogen) atoms. The van der Waals surface area contributed by atoms with Gasteiger partial charge in [0.05, 0.1) is 0 Å². The van der Waals surface area contributed by atoms with Gasteiger partial charge in [0.25, 0.3) is 0 Å². The summed E-state index contributed by atoms with van der Waals surface area (Å²) in [7, 11) is -3.09. The Kier molecular flexibility index (Phi) is 4.59. The van der Waals surface area contributed by atoms with Crippen molar-refractivity contribution in [1.29, 1.82) is 0 Å². The van der Waals surface area contributed by atoms with E-state index < -0.39 is 9.84 Å². The lowest BCUT2D eigenvalue weighted by atomic mass is 10.1. The van der Waals surface area contributed by atoms with Crippen LogP contribution in [0.5, 0.6) is 0 Å². The van der Waals surface area contributed by atoms with Crippen molar-refractivity contribution in [3.8, 4) is 0 Å². The van der Waals surface area contributed by atoms with Crippen LogP contribution < -0.4 is 5.73 Å². The Bertz CT molecular complexity index is 474. The minimum absolute atomic E-state index is 0.105. The van der Waals surface area contributed by atoms with Gasteiger partial charge >= 0.3 is 0 Å². The number of hydrogen-bond donors (Lipinski definition) is 1. The third-order valence-corrected chi connectivity index (χ3v) is 3.27. The van der Waals surface area contributed by atoms with E-state index in [1.807, 2.05) is 13.8 Å². The molecule has 0 saturated heterocycles. The maximum absolute atomic E-state index is 11.2. The van der Waals surface area contributed by atoms with Gasteiger partial charge in [0.2, 0.25) is 0 Å². The Morgan fingerprint density at radius 1 is 1.18 bits per heavy atom. The Morgan fingerprint density at radius 3 is 2.12 bits per heavy atom. The second-order valence-electron chi connectivity index (χ2n) is 4.25. The van der Waals surface area contributed by atoms with Crippen LogP contribution in [0.3, 0.4) is 0 Å². The van der Waals surface area contributed by atoms with Crippen LogP contribution in [0, 0.1) is 13.8 Å². The highest BCUT2D eigenvalue weighted by molar-refractivity contribution is 7.89. The fraction of sp³-hybridized carbons (Fsp3) is 0.636. The average molecular weight is 257 g/mol. The van der Waals surface area contributed by atoms with Gasteiger partial charge in [-0.05, 0) is 38.8 Å². The minimum Gasteiger partial charge on any atom is -0.330 e. The van der Waals surface area contributed by atoms with Gasteiger partial charge in [-0.3, -0.25) is 0 Å². The van der Waals surface area contributed by atoms with Gasteiger partial charge in [-0.1, -0.05) is 0 Å². The predicted molar refractivity (Wildman–Crippen MR) is 67.4 cm³/mol. The number of aromatic nitrogens is 2. The van der Waals surface area contributed by atoms with Gasteiger partial charge < -0.3 is 5.73 Å². The van der Waals surface area contributed by atoms with Crippen molar-refractivity contribution in [3.63, 3.8) is 0 Å². The summed E-state index contributed by atoms with van der Waals surface area (Å²) in [4.78, 5) is 8.48. The summed E-state index contributed by atoms with van der Waals surface area (Å²) in [6, 6.07) is 0. The molecule has 0 aliphatic carbocycles. The molecule has 0 fully saturated rings. The molecular formula is C11H19N3O2S. The molecule has 0 aromatic carbocycles. The first-order valence-corrected chi connectivity index (χ1v) is 7.60. The molecule has 0 bridgehead atoms. The molecule has 6 heteroatoms. The zero-order chi connectivity index (χ0) is 13.1. The molecular weight excluding hydrogens is 238 g/mol. The standard InChI is InChI=1S/C11H19N3O2S/c1-8-10(5-4-6-12)9(2)14-11(13-8)7-17(3,15)16/h4-7,12H2,1-3H3. The van der Waals surface area contributed by atoms with Crippen LogP contribution in [0.25, 0.3) is 0 Å². The molecule has 2 N–H and O–H groups in total. The SMILES string of the molecule is Cc1nc(CS(C)(=O)=O)nc(C)c1CCCN. The van der Waals surface area contributed by atoms with E-state index in [1.54, 1.807) is 0 Å². The summed E-state index contributed by atoms with van der Waals surface area (Å²) in [5, 5.41) is 0. The lowest BCUT2D eigenvalue weighted by molar-refractivity contribution is 0.599. The molecule has 1 aromatic heterocycles. The summed E-state index contributed by atoms with van der Waals surface area (Å²) in [5.41, 5.74) is 8.25. The molecule has 1 rings (SSSR count). The Hall–Kier alpha value is -1.01. The van der Waals surface area contributed by atoms with Crippen LogP contribution >= 0.6 is 0 Å². The smallest absolute Gasteiger partial charge is 0.154 e. The van der Waals surface area contributed by atoms with Gasteiger partial charge in [-0.15, -0.1) is 0 Å². The Balaban J connectivity index is 3.01. The van der Waals surface area contributed by atoms with Crippen molar-refractivity contribution in [2.24, 2.45) is 5.73 Å². The molecule has 0 aliphatic rings. The Labute approximate surface area is 102 Å². The molecule has 0 spiro atoms. The summed E-state index contributed by atoms with van der Waals surface area (Å²) >= 11 is 0. The van der Waals surface area contributed by atoms with Gasteiger partial charge in [0, 0.05) is 17.6 Å². The first-order valence-electron chi connectivity index (χ1n) is 5.54. The van der Waals surface area contributed by atoms with Crippen LogP contribution in [0.1, 0.15) is 29.2 Å². The number of aryl methyl sites for hydroxylation is 2. The highest BCUT2D eigenvalue weighted by Gasteiger charge is 2.12. The van der Waals surface area contributed by atoms with Gasteiger partial charge in [0.15, 0.2) is 9.84 Å². The van der Waals surface area contributed by atoms with Crippen LogP contribution in [-0.4, -0.2) is 31.2 Å². The zero-order valence-corrected chi connectivity index (χ0v) is 11.3. The molecule has 0 atom stereocenters.